The maximum Gasteiger partial charge on any atom is 0.241 e. The van der Waals surface area contributed by atoms with Crippen LogP contribution in [0.2, 0.25) is 0 Å². The number of hydrogen-bond donors (Lipinski definition) is 1. The molecule has 31 heavy (non-hydrogen) atoms. The smallest absolute Gasteiger partial charge is 0.241 e. The quantitative estimate of drug-likeness (QED) is 0.651. The third-order valence-corrected chi connectivity index (χ3v) is 5.98. The Morgan fingerprint density at radius 3 is 2.00 bits per heavy atom. The maximum atomic E-state index is 12.7. The highest BCUT2D eigenvalue weighted by molar-refractivity contribution is 7.92. The van der Waals surface area contributed by atoms with E-state index in [0.29, 0.717) is 11.4 Å². The average molecular weight is 447 g/mol. The van der Waals surface area contributed by atoms with E-state index in [-0.39, 0.29) is 30.0 Å². The number of sulfonamides is 1. The Bertz CT molecular complexity index is 976. The first kappa shape index (κ1) is 24.7. The van der Waals surface area contributed by atoms with Gasteiger partial charge in [-0.1, -0.05) is 45.0 Å². The van der Waals surface area contributed by atoms with Crippen LogP contribution in [0.25, 0.3) is 0 Å². The molecule has 1 amide bonds. The van der Waals surface area contributed by atoms with Crippen molar-refractivity contribution < 1.29 is 17.9 Å². The molecule has 1 atom stereocenters. The number of nitrogens with one attached hydrogen (secondary N) is 1. The number of nitrogens with zero attached hydrogens (tertiary/aromatic N) is 1. The number of anilines is 1. The summed E-state index contributed by atoms with van der Waals surface area (Å²) in [5, 5.41) is 2.89. The molecule has 0 saturated carbocycles. The summed E-state index contributed by atoms with van der Waals surface area (Å²) in [6, 6.07) is 14.5. The zero-order valence-corrected chi connectivity index (χ0v) is 20.3. The number of carbonyl (C=O) groups excluding carboxylic acids is 1. The number of hydrogen-bond acceptors (Lipinski definition) is 4. The van der Waals surface area contributed by atoms with E-state index in [1.54, 1.807) is 24.3 Å². The first-order chi connectivity index (χ1) is 14.3. The van der Waals surface area contributed by atoms with E-state index in [0.717, 1.165) is 16.1 Å². The normalized spacial score (nSPS) is 13.0. The third-order valence-electron chi connectivity index (χ3n) is 4.84. The highest BCUT2D eigenvalue weighted by Crippen LogP contribution is 2.25. The zero-order chi connectivity index (χ0) is 23.4. The van der Waals surface area contributed by atoms with Gasteiger partial charge in [-0.15, -0.1) is 0 Å². The molecule has 0 aliphatic heterocycles. The SMILES string of the molecule is CC(C)Oc1ccc(N(CC(=O)N[C@@H](C)c2ccc(C(C)(C)C)cc2)S(C)(=O)=O)cc1. The highest BCUT2D eigenvalue weighted by Gasteiger charge is 2.22. The van der Waals surface area contributed by atoms with Gasteiger partial charge >= 0.3 is 0 Å². The molecule has 2 aromatic carbocycles. The van der Waals surface area contributed by atoms with Gasteiger partial charge in [-0.3, -0.25) is 9.10 Å². The lowest BCUT2D eigenvalue weighted by atomic mass is 9.86. The second kappa shape index (κ2) is 9.73. The third kappa shape index (κ3) is 7.28. The summed E-state index contributed by atoms with van der Waals surface area (Å²) >= 11 is 0. The van der Waals surface area contributed by atoms with Gasteiger partial charge in [0.2, 0.25) is 15.9 Å². The first-order valence-corrected chi connectivity index (χ1v) is 12.3. The number of rotatable bonds is 8. The lowest BCUT2D eigenvalue weighted by Gasteiger charge is -2.24. The van der Waals surface area contributed by atoms with Crippen molar-refractivity contribution in [2.75, 3.05) is 17.1 Å². The number of ether oxygens (including phenoxy) is 1. The van der Waals surface area contributed by atoms with Crippen LogP contribution in [-0.4, -0.2) is 33.2 Å². The van der Waals surface area contributed by atoms with E-state index < -0.39 is 10.0 Å². The maximum absolute atomic E-state index is 12.7. The molecule has 2 rings (SSSR count). The summed E-state index contributed by atoms with van der Waals surface area (Å²) in [5.41, 5.74) is 2.64. The fraction of sp³-hybridized carbons (Fsp3) is 0.458. The molecule has 0 spiro atoms. The molecule has 0 aliphatic carbocycles. The van der Waals surface area contributed by atoms with Gasteiger partial charge < -0.3 is 10.1 Å². The molecule has 6 nitrogen and oxygen atoms in total. The molecule has 0 radical (unpaired) electrons. The number of amides is 1. The standard InChI is InChI=1S/C24H34N2O4S/c1-17(2)30-22-14-12-21(13-15-22)26(31(7,28)29)16-23(27)25-18(3)19-8-10-20(11-9-19)24(4,5)6/h8-15,17-18H,16H2,1-7H3,(H,25,27)/t18-/m0/s1. The van der Waals surface area contributed by atoms with E-state index in [2.05, 4.69) is 38.2 Å². The fourth-order valence-corrected chi connectivity index (χ4v) is 3.99. The summed E-state index contributed by atoms with van der Waals surface area (Å²) in [4.78, 5) is 12.7. The van der Waals surface area contributed by atoms with Crippen LogP contribution in [0.4, 0.5) is 5.69 Å². The van der Waals surface area contributed by atoms with E-state index in [1.807, 2.05) is 32.9 Å². The molecule has 0 fully saturated rings. The summed E-state index contributed by atoms with van der Waals surface area (Å²) in [6.45, 7) is 11.9. The van der Waals surface area contributed by atoms with E-state index in [4.69, 9.17) is 4.74 Å². The predicted molar refractivity (Wildman–Crippen MR) is 126 cm³/mol. The minimum Gasteiger partial charge on any atom is -0.491 e. The van der Waals surface area contributed by atoms with Crippen LogP contribution in [0.15, 0.2) is 48.5 Å². The van der Waals surface area contributed by atoms with Gasteiger partial charge in [0.1, 0.15) is 12.3 Å². The van der Waals surface area contributed by atoms with E-state index in [9.17, 15) is 13.2 Å². The fourth-order valence-electron chi connectivity index (χ4n) is 3.14. The van der Waals surface area contributed by atoms with Gasteiger partial charge in [-0.25, -0.2) is 8.42 Å². The Morgan fingerprint density at radius 2 is 1.55 bits per heavy atom. The van der Waals surface area contributed by atoms with Crippen molar-refractivity contribution in [2.24, 2.45) is 0 Å². The first-order valence-electron chi connectivity index (χ1n) is 10.4. The lowest BCUT2D eigenvalue weighted by molar-refractivity contribution is -0.120. The van der Waals surface area contributed by atoms with Crippen molar-refractivity contribution >= 4 is 21.6 Å². The molecule has 170 valence electrons. The predicted octanol–water partition coefficient (Wildman–Crippen LogP) is 4.41. The topological polar surface area (TPSA) is 75.7 Å². The largest absolute Gasteiger partial charge is 0.491 e. The van der Waals surface area contributed by atoms with Crippen molar-refractivity contribution in [1.29, 1.82) is 0 Å². The van der Waals surface area contributed by atoms with Crippen LogP contribution in [0.1, 0.15) is 58.7 Å². The number of carbonyl (C=O) groups is 1. The number of benzene rings is 2. The lowest BCUT2D eigenvalue weighted by Crippen LogP contribution is -2.41. The summed E-state index contributed by atoms with van der Waals surface area (Å²) in [7, 11) is -3.64. The van der Waals surface area contributed by atoms with Crippen molar-refractivity contribution in [3.8, 4) is 5.75 Å². The molecule has 0 bridgehead atoms. The summed E-state index contributed by atoms with van der Waals surface area (Å²) < 4.78 is 31.4. The van der Waals surface area contributed by atoms with Gasteiger partial charge in [0.05, 0.1) is 24.1 Å². The van der Waals surface area contributed by atoms with Gasteiger partial charge in [0, 0.05) is 0 Å². The van der Waals surface area contributed by atoms with Gasteiger partial charge in [-0.05, 0) is 61.6 Å². The zero-order valence-electron chi connectivity index (χ0n) is 19.5. The minimum absolute atomic E-state index is 0.0154. The van der Waals surface area contributed by atoms with Crippen LogP contribution in [-0.2, 0) is 20.2 Å². The molecule has 0 saturated heterocycles. The highest BCUT2D eigenvalue weighted by atomic mass is 32.2. The van der Waals surface area contributed by atoms with Crippen LogP contribution in [0.5, 0.6) is 5.75 Å². The van der Waals surface area contributed by atoms with Gasteiger partial charge in [-0.2, -0.15) is 0 Å². The van der Waals surface area contributed by atoms with Crippen molar-refractivity contribution in [3.63, 3.8) is 0 Å². The van der Waals surface area contributed by atoms with Gasteiger partial charge in [0.15, 0.2) is 0 Å². The minimum atomic E-state index is -3.64. The molecule has 0 unspecified atom stereocenters. The monoisotopic (exact) mass is 446 g/mol. The second-order valence-corrected chi connectivity index (χ2v) is 11.0. The van der Waals surface area contributed by atoms with E-state index >= 15 is 0 Å². The summed E-state index contributed by atoms with van der Waals surface area (Å²) in [6.07, 6.45) is 1.11. The Balaban J connectivity index is 2.10. The molecular weight excluding hydrogens is 412 g/mol. The molecule has 1 N–H and O–H groups in total. The molecule has 0 aliphatic rings. The van der Waals surface area contributed by atoms with Crippen LogP contribution in [0, 0.1) is 0 Å². The van der Waals surface area contributed by atoms with E-state index in [1.165, 1.54) is 5.56 Å². The van der Waals surface area contributed by atoms with Crippen LogP contribution >= 0.6 is 0 Å². The average Bonchev–Trinajstić information content (AvgIpc) is 2.65. The molecular formula is C24H34N2O4S. The molecule has 7 heteroatoms. The Kier molecular flexibility index (Phi) is 7.76. The Hall–Kier alpha value is -2.54. The Morgan fingerprint density at radius 1 is 1.00 bits per heavy atom. The van der Waals surface area contributed by atoms with Crippen molar-refractivity contribution in [2.45, 2.75) is 59.1 Å². The summed E-state index contributed by atoms with van der Waals surface area (Å²) in [5.74, 6) is 0.268. The molecule has 2 aromatic rings. The molecule has 0 heterocycles. The second-order valence-electron chi connectivity index (χ2n) is 9.09. The van der Waals surface area contributed by atoms with Crippen LogP contribution in [0.3, 0.4) is 0 Å². The molecule has 0 aromatic heterocycles. The van der Waals surface area contributed by atoms with Crippen molar-refractivity contribution in [3.05, 3.63) is 59.7 Å². The van der Waals surface area contributed by atoms with Crippen LogP contribution < -0.4 is 14.4 Å². The van der Waals surface area contributed by atoms with Gasteiger partial charge in [0.25, 0.3) is 0 Å². The Labute approximate surface area is 186 Å². The van der Waals surface area contributed by atoms with Crippen molar-refractivity contribution in [1.82, 2.24) is 5.32 Å².